The van der Waals surface area contributed by atoms with Gasteiger partial charge >= 0.3 is 0 Å². The summed E-state index contributed by atoms with van der Waals surface area (Å²) in [4.78, 5) is 29.3. The van der Waals surface area contributed by atoms with Gasteiger partial charge in [0.25, 0.3) is 5.91 Å². The van der Waals surface area contributed by atoms with Crippen molar-refractivity contribution in [3.8, 4) is 11.5 Å². The highest BCUT2D eigenvalue weighted by Crippen LogP contribution is 2.31. The van der Waals surface area contributed by atoms with Gasteiger partial charge in [-0.2, -0.15) is 0 Å². The maximum atomic E-state index is 12.9. The second-order valence-corrected chi connectivity index (χ2v) is 9.42. The number of amides is 2. The molecular weight excluding hydrogens is 466 g/mol. The Kier molecular flexibility index (Phi) is 6.89. The van der Waals surface area contributed by atoms with Crippen LogP contribution < -0.4 is 9.47 Å². The lowest BCUT2D eigenvalue weighted by Gasteiger charge is -2.37. The lowest BCUT2D eigenvalue weighted by Crippen LogP contribution is -2.55. The first-order valence-electron chi connectivity index (χ1n) is 11.6. The minimum atomic E-state index is -0.663. The summed E-state index contributed by atoms with van der Waals surface area (Å²) in [6.45, 7) is 2.13. The Bertz CT molecular complexity index is 1190. The predicted octanol–water partition coefficient (Wildman–Crippen LogP) is 2.01. The van der Waals surface area contributed by atoms with Crippen LogP contribution in [0.5, 0.6) is 11.5 Å². The highest BCUT2D eigenvalue weighted by atomic mass is 32.2. The number of rotatable bonds is 6. The molecule has 0 spiro atoms. The Balaban J connectivity index is 1.09. The maximum Gasteiger partial charge on any atom is 0.267 e. The van der Waals surface area contributed by atoms with Crippen LogP contribution in [-0.2, 0) is 23.1 Å². The van der Waals surface area contributed by atoms with Crippen molar-refractivity contribution < 1.29 is 19.1 Å². The third-order valence-corrected chi connectivity index (χ3v) is 7.19. The molecule has 1 fully saturated rings. The van der Waals surface area contributed by atoms with E-state index in [4.69, 9.17) is 9.47 Å². The van der Waals surface area contributed by atoms with E-state index in [0.29, 0.717) is 49.3 Å². The van der Waals surface area contributed by atoms with Crippen molar-refractivity contribution in [3.63, 3.8) is 0 Å². The minimum absolute atomic E-state index is 0.0286. The van der Waals surface area contributed by atoms with Crippen molar-refractivity contribution in [2.75, 3.05) is 38.5 Å². The fourth-order valence-corrected chi connectivity index (χ4v) is 4.97. The van der Waals surface area contributed by atoms with Gasteiger partial charge in [-0.25, -0.2) is 0 Å². The Labute approximate surface area is 208 Å². The summed E-state index contributed by atoms with van der Waals surface area (Å²) in [6, 6.07) is 17.4. The summed E-state index contributed by atoms with van der Waals surface area (Å²) in [5.74, 6) is 2.29. The van der Waals surface area contributed by atoms with Crippen molar-refractivity contribution in [1.82, 2.24) is 24.6 Å². The van der Waals surface area contributed by atoms with Gasteiger partial charge in [-0.05, 0) is 17.7 Å². The molecule has 0 N–H and O–H groups in total. The maximum absolute atomic E-state index is 12.9. The van der Waals surface area contributed by atoms with E-state index in [2.05, 4.69) is 22.3 Å². The quantitative estimate of drug-likeness (QED) is 0.485. The topological polar surface area (TPSA) is 89.8 Å². The fraction of sp³-hybridized carbons (Fsp3) is 0.360. The number of carbonyl (C=O) groups excluding carboxylic acids is 2. The Hall–Kier alpha value is -3.53. The van der Waals surface area contributed by atoms with E-state index in [1.807, 2.05) is 48.0 Å². The number of benzene rings is 2. The van der Waals surface area contributed by atoms with Crippen LogP contribution in [0.3, 0.4) is 0 Å². The zero-order valence-corrected chi connectivity index (χ0v) is 20.3. The van der Waals surface area contributed by atoms with Crippen LogP contribution in [0.25, 0.3) is 0 Å². The minimum Gasteiger partial charge on any atom is -0.485 e. The molecule has 1 saturated heterocycles. The highest BCUT2D eigenvalue weighted by molar-refractivity contribution is 7.99. The Morgan fingerprint density at radius 2 is 1.63 bits per heavy atom. The summed E-state index contributed by atoms with van der Waals surface area (Å²) in [6.07, 6.45) is 0.0274. The van der Waals surface area contributed by atoms with E-state index < -0.39 is 6.10 Å². The SMILES string of the molecule is Cn1c(Cc2ccccc2)nnc1SCC(=O)N1CCN(C(=O)[C@H]2COc3ccccc3O2)CC1. The molecule has 3 heterocycles. The molecule has 0 aliphatic carbocycles. The first-order valence-corrected chi connectivity index (χ1v) is 12.6. The van der Waals surface area contributed by atoms with Crippen molar-refractivity contribution >= 4 is 23.6 Å². The predicted molar refractivity (Wildman–Crippen MR) is 130 cm³/mol. The number of nitrogens with zero attached hydrogens (tertiary/aromatic N) is 5. The van der Waals surface area contributed by atoms with Gasteiger partial charge in [-0.3, -0.25) is 9.59 Å². The molecule has 0 unspecified atom stereocenters. The average Bonchev–Trinajstić information content (AvgIpc) is 3.25. The molecule has 0 radical (unpaired) electrons. The van der Waals surface area contributed by atoms with Crippen LogP contribution in [-0.4, -0.2) is 81.0 Å². The van der Waals surface area contributed by atoms with Crippen LogP contribution in [0.1, 0.15) is 11.4 Å². The lowest BCUT2D eigenvalue weighted by atomic mass is 10.1. The van der Waals surface area contributed by atoms with Gasteiger partial charge < -0.3 is 23.8 Å². The Morgan fingerprint density at radius 1 is 0.943 bits per heavy atom. The number of aromatic nitrogens is 3. The van der Waals surface area contributed by atoms with Gasteiger partial charge in [0.1, 0.15) is 12.4 Å². The molecular formula is C25H27N5O4S. The first-order chi connectivity index (χ1) is 17.1. The van der Waals surface area contributed by atoms with Crippen LogP contribution in [0.15, 0.2) is 59.8 Å². The molecule has 9 nitrogen and oxygen atoms in total. The molecule has 2 amide bonds. The van der Waals surface area contributed by atoms with Crippen LogP contribution in [0.2, 0.25) is 0 Å². The largest absolute Gasteiger partial charge is 0.485 e. The number of piperazine rings is 1. The van der Waals surface area contributed by atoms with Crippen molar-refractivity contribution in [2.24, 2.45) is 7.05 Å². The van der Waals surface area contributed by atoms with Crippen molar-refractivity contribution in [1.29, 1.82) is 0 Å². The molecule has 0 bridgehead atoms. The Morgan fingerprint density at radius 3 is 2.40 bits per heavy atom. The number of carbonyl (C=O) groups is 2. The van der Waals surface area contributed by atoms with Gasteiger partial charge in [0.2, 0.25) is 12.0 Å². The summed E-state index contributed by atoms with van der Waals surface area (Å²) in [7, 11) is 1.92. The van der Waals surface area contributed by atoms with Crippen LogP contribution in [0.4, 0.5) is 0 Å². The zero-order chi connectivity index (χ0) is 24.2. The van der Waals surface area contributed by atoms with Crippen LogP contribution >= 0.6 is 11.8 Å². The molecule has 5 rings (SSSR count). The first kappa shape index (κ1) is 23.2. The number of ether oxygens (including phenoxy) is 2. The smallest absolute Gasteiger partial charge is 0.267 e. The molecule has 182 valence electrons. The standard InChI is InChI=1S/C25H27N5O4S/c1-28-22(15-18-7-3-2-4-8-18)26-27-25(28)35-17-23(31)29-11-13-30(14-12-29)24(32)21-16-33-19-9-5-6-10-20(19)34-21/h2-10,21H,11-17H2,1H3/t21-/m1/s1. The van der Waals surface area contributed by atoms with Gasteiger partial charge in [0.05, 0.1) is 5.75 Å². The van der Waals surface area contributed by atoms with Gasteiger partial charge in [-0.1, -0.05) is 54.2 Å². The van der Waals surface area contributed by atoms with Crippen LogP contribution in [0, 0.1) is 0 Å². The molecule has 10 heteroatoms. The van der Waals surface area contributed by atoms with Gasteiger partial charge in [0, 0.05) is 39.6 Å². The third kappa shape index (κ3) is 5.27. The van der Waals surface area contributed by atoms with E-state index >= 15 is 0 Å². The summed E-state index contributed by atoms with van der Waals surface area (Å²) < 4.78 is 13.5. The monoisotopic (exact) mass is 493 g/mol. The number of para-hydroxylation sites is 2. The van der Waals surface area contributed by atoms with Gasteiger partial charge in [0.15, 0.2) is 16.7 Å². The van der Waals surface area contributed by atoms with E-state index in [-0.39, 0.29) is 24.2 Å². The molecule has 35 heavy (non-hydrogen) atoms. The van der Waals surface area contributed by atoms with E-state index in [1.54, 1.807) is 15.9 Å². The highest BCUT2D eigenvalue weighted by Gasteiger charge is 2.33. The molecule has 1 atom stereocenters. The van der Waals surface area contributed by atoms with Crippen molar-refractivity contribution in [2.45, 2.75) is 17.7 Å². The van der Waals surface area contributed by atoms with Gasteiger partial charge in [-0.15, -0.1) is 10.2 Å². The van der Waals surface area contributed by atoms with E-state index in [1.165, 1.54) is 11.8 Å². The molecule has 2 aliphatic heterocycles. The molecule has 2 aromatic carbocycles. The second kappa shape index (κ2) is 10.4. The number of hydrogen-bond donors (Lipinski definition) is 0. The number of fused-ring (bicyclic) bond motifs is 1. The summed E-state index contributed by atoms with van der Waals surface area (Å²) >= 11 is 1.38. The molecule has 2 aliphatic rings. The van der Waals surface area contributed by atoms with Crippen molar-refractivity contribution in [3.05, 3.63) is 66.0 Å². The second-order valence-electron chi connectivity index (χ2n) is 8.48. The summed E-state index contributed by atoms with van der Waals surface area (Å²) in [5.41, 5.74) is 1.16. The third-order valence-electron chi connectivity index (χ3n) is 6.18. The normalized spacial score (nSPS) is 17.3. The fourth-order valence-electron chi connectivity index (χ4n) is 4.14. The average molecular weight is 494 g/mol. The molecule has 0 saturated carbocycles. The molecule has 3 aromatic rings. The summed E-state index contributed by atoms with van der Waals surface area (Å²) in [5, 5.41) is 9.26. The lowest BCUT2D eigenvalue weighted by molar-refractivity contribution is -0.145. The van der Waals surface area contributed by atoms with E-state index in [9.17, 15) is 9.59 Å². The van der Waals surface area contributed by atoms with E-state index in [0.717, 1.165) is 11.4 Å². The number of hydrogen-bond acceptors (Lipinski definition) is 7. The molecule has 1 aromatic heterocycles. The zero-order valence-electron chi connectivity index (χ0n) is 19.5. The number of thioether (sulfide) groups is 1.